The predicted octanol–water partition coefficient (Wildman–Crippen LogP) is 5.16. The average molecular weight is 491 g/mol. The fourth-order valence-electron chi connectivity index (χ4n) is 5.24. The number of esters is 1. The van der Waals surface area contributed by atoms with E-state index in [1.807, 2.05) is 26.8 Å². The molecule has 0 unspecified atom stereocenters. The molecule has 0 bridgehead atoms. The number of rotatable bonds is 5. The molecule has 1 fully saturated rings. The molecule has 7 heteroatoms. The number of benzene rings is 2. The molecule has 0 radical (unpaired) electrons. The lowest BCUT2D eigenvalue weighted by Crippen LogP contribution is -2.36. The zero-order valence-electron chi connectivity index (χ0n) is 20.9. The third kappa shape index (κ3) is 4.67. The van der Waals surface area contributed by atoms with Gasteiger partial charge in [-0.2, -0.15) is 0 Å². The van der Waals surface area contributed by atoms with Gasteiger partial charge in [-0.25, -0.2) is 4.39 Å². The summed E-state index contributed by atoms with van der Waals surface area (Å²) in [6, 6.07) is 12.6. The molecule has 1 N–H and O–H groups in total. The Morgan fingerprint density at radius 3 is 2.58 bits per heavy atom. The standard InChI is InChI=1S/C29H31FN2O4/c1-4-35-28(34)20-11-13-32(14-12-20)17-18-5-7-19(8-6-18)23-16-25(36-29(23,2)3)26-22-15-21(30)9-10-24(22)31-27(26)33/h5-10,15-16,20H,4,11-14,17H2,1-3H3,(H,31,33)/b26-25+. The monoisotopic (exact) mass is 490 g/mol. The molecule has 36 heavy (non-hydrogen) atoms. The third-order valence-corrected chi connectivity index (χ3v) is 7.14. The van der Waals surface area contributed by atoms with Crippen LogP contribution < -0.4 is 5.32 Å². The first kappa shape index (κ1) is 24.3. The molecule has 0 atom stereocenters. The summed E-state index contributed by atoms with van der Waals surface area (Å²) in [5.41, 5.74) is 3.99. The lowest BCUT2D eigenvalue weighted by Gasteiger charge is -2.30. The number of likely N-dealkylation sites (tertiary alicyclic amines) is 1. The highest BCUT2D eigenvalue weighted by Crippen LogP contribution is 2.44. The Kier molecular flexibility index (Phi) is 6.43. The van der Waals surface area contributed by atoms with E-state index in [1.54, 1.807) is 6.07 Å². The van der Waals surface area contributed by atoms with E-state index in [0.29, 0.717) is 29.2 Å². The summed E-state index contributed by atoms with van der Waals surface area (Å²) in [6.45, 7) is 8.78. The number of nitrogens with one attached hydrogen (secondary N) is 1. The van der Waals surface area contributed by atoms with E-state index in [1.165, 1.54) is 17.7 Å². The molecule has 0 aliphatic carbocycles. The number of piperidine rings is 1. The van der Waals surface area contributed by atoms with Crippen molar-refractivity contribution in [1.29, 1.82) is 0 Å². The molecule has 0 spiro atoms. The van der Waals surface area contributed by atoms with Gasteiger partial charge in [0.05, 0.1) is 18.1 Å². The summed E-state index contributed by atoms with van der Waals surface area (Å²) >= 11 is 0. The highest BCUT2D eigenvalue weighted by molar-refractivity contribution is 6.32. The van der Waals surface area contributed by atoms with Gasteiger partial charge < -0.3 is 14.8 Å². The van der Waals surface area contributed by atoms with Gasteiger partial charge in [-0.3, -0.25) is 14.5 Å². The second-order valence-electron chi connectivity index (χ2n) is 10.1. The number of fused-ring (bicyclic) bond motifs is 1. The summed E-state index contributed by atoms with van der Waals surface area (Å²) in [7, 11) is 0. The van der Waals surface area contributed by atoms with Gasteiger partial charge in [-0.1, -0.05) is 24.3 Å². The van der Waals surface area contributed by atoms with Crippen molar-refractivity contribution in [2.75, 3.05) is 25.0 Å². The summed E-state index contributed by atoms with van der Waals surface area (Å²) in [6.07, 6.45) is 3.55. The van der Waals surface area contributed by atoms with Crippen molar-refractivity contribution in [3.05, 3.63) is 76.8 Å². The van der Waals surface area contributed by atoms with Crippen LogP contribution in [0.5, 0.6) is 0 Å². The number of ether oxygens (including phenoxy) is 2. The SMILES string of the molecule is CCOC(=O)C1CCN(Cc2ccc(C3=C/C(=C4\C(=O)Nc5ccc(F)cc54)OC3(C)C)cc2)CC1. The zero-order chi connectivity index (χ0) is 25.4. The van der Waals surface area contributed by atoms with Gasteiger partial charge in [0.25, 0.3) is 5.91 Å². The van der Waals surface area contributed by atoms with E-state index in [9.17, 15) is 14.0 Å². The molecule has 1 amide bonds. The summed E-state index contributed by atoms with van der Waals surface area (Å²) in [5, 5.41) is 2.79. The van der Waals surface area contributed by atoms with Crippen LogP contribution in [0.4, 0.5) is 10.1 Å². The molecule has 2 aromatic carbocycles. The maximum absolute atomic E-state index is 13.9. The maximum Gasteiger partial charge on any atom is 0.309 e. The quantitative estimate of drug-likeness (QED) is 0.463. The summed E-state index contributed by atoms with van der Waals surface area (Å²) < 4.78 is 25.3. The fraction of sp³-hybridized carbons (Fsp3) is 0.379. The Morgan fingerprint density at radius 1 is 1.17 bits per heavy atom. The van der Waals surface area contributed by atoms with Crippen LogP contribution in [0, 0.1) is 11.7 Å². The third-order valence-electron chi connectivity index (χ3n) is 7.14. The molecule has 5 rings (SSSR count). The highest BCUT2D eigenvalue weighted by atomic mass is 19.1. The van der Waals surface area contributed by atoms with E-state index >= 15 is 0 Å². The molecule has 0 saturated carbocycles. The van der Waals surface area contributed by atoms with Crippen molar-refractivity contribution in [2.45, 2.75) is 45.8 Å². The van der Waals surface area contributed by atoms with Gasteiger partial charge in [0, 0.05) is 23.4 Å². The van der Waals surface area contributed by atoms with Gasteiger partial charge in [0.1, 0.15) is 17.2 Å². The van der Waals surface area contributed by atoms with E-state index in [4.69, 9.17) is 9.47 Å². The first-order valence-corrected chi connectivity index (χ1v) is 12.5. The lowest BCUT2D eigenvalue weighted by molar-refractivity contribution is -0.149. The average Bonchev–Trinajstić information content (AvgIpc) is 3.34. The van der Waals surface area contributed by atoms with E-state index in [2.05, 4.69) is 34.5 Å². The van der Waals surface area contributed by atoms with Crippen LogP contribution >= 0.6 is 0 Å². The largest absolute Gasteiger partial charge is 0.482 e. The first-order chi connectivity index (χ1) is 17.2. The van der Waals surface area contributed by atoms with Crippen molar-refractivity contribution < 1.29 is 23.5 Å². The predicted molar refractivity (Wildman–Crippen MR) is 136 cm³/mol. The molecule has 1 saturated heterocycles. The normalized spacial score (nSPS) is 21.6. The van der Waals surface area contributed by atoms with Crippen LogP contribution in [0.25, 0.3) is 11.1 Å². The second kappa shape index (κ2) is 9.54. The number of amides is 1. The van der Waals surface area contributed by atoms with Crippen molar-refractivity contribution in [3.8, 4) is 0 Å². The Labute approximate surface area is 210 Å². The van der Waals surface area contributed by atoms with Crippen molar-refractivity contribution in [3.63, 3.8) is 0 Å². The number of carbonyl (C=O) groups is 2. The fourth-order valence-corrected chi connectivity index (χ4v) is 5.24. The molecular formula is C29H31FN2O4. The van der Waals surface area contributed by atoms with Crippen molar-refractivity contribution in [1.82, 2.24) is 4.90 Å². The molecule has 3 aliphatic heterocycles. The first-order valence-electron chi connectivity index (χ1n) is 12.5. The maximum atomic E-state index is 13.9. The van der Waals surface area contributed by atoms with Crippen LogP contribution in [-0.2, 0) is 25.6 Å². The Hall–Kier alpha value is -3.45. The van der Waals surface area contributed by atoms with Crippen molar-refractivity contribution in [2.24, 2.45) is 5.92 Å². The second-order valence-corrected chi connectivity index (χ2v) is 10.1. The van der Waals surface area contributed by atoms with Gasteiger partial charge >= 0.3 is 5.97 Å². The topological polar surface area (TPSA) is 67.9 Å². The van der Waals surface area contributed by atoms with Crippen LogP contribution in [0.2, 0.25) is 0 Å². The minimum Gasteiger partial charge on any atom is -0.482 e. The lowest BCUT2D eigenvalue weighted by atomic mass is 9.91. The van der Waals surface area contributed by atoms with E-state index < -0.39 is 11.4 Å². The number of hydrogen-bond acceptors (Lipinski definition) is 5. The minimum atomic E-state index is -0.644. The Balaban J connectivity index is 1.32. The number of hydrogen-bond donors (Lipinski definition) is 1. The van der Waals surface area contributed by atoms with Crippen LogP contribution in [0.1, 0.15) is 50.3 Å². The Morgan fingerprint density at radius 2 is 1.89 bits per heavy atom. The smallest absolute Gasteiger partial charge is 0.309 e. The molecule has 188 valence electrons. The molecule has 3 heterocycles. The molecule has 0 aromatic heterocycles. The molecule has 2 aromatic rings. The summed E-state index contributed by atoms with van der Waals surface area (Å²) in [4.78, 5) is 27.0. The Bertz CT molecular complexity index is 1250. The minimum absolute atomic E-state index is 0.00818. The number of anilines is 1. The number of nitrogens with zero attached hydrogens (tertiary/aromatic N) is 1. The molecule has 3 aliphatic rings. The highest BCUT2D eigenvalue weighted by Gasteiger charge is 2.38. The molecular weight excluding hydrogens is 459 g/mol. The van der Waals surface area contributed by atoms with E-state index in [-0.39, 0.29) is 17.8 Å². The molecule has 6 nitrogen and oxygen atoms in total. The van der Waals surface area contributed by atoms with Crippen LogP contribution in [0.3, 0.4) is 0 Å². The number of carbonyl (C=O) groups excluding carboxylic acids is 2. The van der Waals surface area contributed by atoms with Gasteiger partial charge in [-0.15, -0.1) is 0 Å². The summed E-state index contributed by atoms with van der Waals surface area (Å²) in [5.74, 6) is -0.306. The van der Waals surface area contributed by atoms with Crippen LogP contribution in [-0.4, -0.2) is 42.1 Å². The van der Waals surface area contributed by atoms with Gasteiger partial charge in [0.15, 0.2) is 0 Å². The van der Waals surface area contributed by atoms with Crippen LogP contribution in [0.15, 0.2) is 54.3 Å². The van der Waals surface area contributed by atoms with Gasteiger partial charge in [0.2, 0.25) is 0 Å². The van der Waals surface area contributed by atoms with E-state index in [0.717, 1.165) is 43.6 Å². The van der Waals surface area contributed by atoms with Crippen molar-refractivity contribution >= 4 is 28.7 Å². The van der Waals surface area contributed by atoms with Gasteiger partial charge in [-0.05, 0) is 82.1 Å². The zero-order valence-corrected chi connectivity index (χ0v) is 20.9. The number of halogens is 1. The number of allylic oxidation sites excluding steroid dienone is 1.